The van der Waals surface area contributed by atoms with Gasteiger partial charge in [0.1, 0.15) is 12.1 Å². The van der Waals surface area contributed by atoms with Crippen LogP contribution in [-0.2, 0) is 0 Å². The minimum atomic E-state index is -0.400. The first-order valence-corrected chi connectivity index (χ1v) is 8.32. The van der Waals surface area contributed by atoms with Gasteiger partial charge in [-0.2, -0.15) is 0 Å². The number of amides is 1. The first kappa shape index (κ1) is 16.2. The molecule has 0 N–H and O–H groups in total. The molecule has 1 saturated heterocycles. The summed E-state index contributed by atoms with van der Waals surface area (Å²) < 4.78 is 15.1. The molecule has 26 heavy (non-hydrogen) atoms. The molecule has 0 spiro atoms. The Morgan fingerprint density at radius 2 is 1.77 bits per heavy atom. The van der Waals surface area contributed by atoms with Crippen molar-refractivity contribution in [3.05, 3.63) is 66.5 Å². The third kappa shape index (κ3) is 3.26. The Morgan fingerprint density at radius 1 is 1.00 bits per heavy atom. The fourth-order valence-electron chi connectivity index (χ4n) is 2.96. The first-order chi connectivity index (χ1) is 12.7. The summed E-state index contributed by atoms with van der Waals surface area (Å²) in [6, 6.07) is 9.59. The molecule has 4 rings (SSSR count). The van der Waals surface area contributed by atoms with E-state index >= 15 is 0 Å². The summed E-state index contributed by atoms with van der Waals surface area (Å²) in [5, 5.41) is 8.49. The maximum atomic E-state index is 13.3. The molecule has 0 radical (unpaired) electrons. The number of aromatic nitrogens is 4. The Hall–Kier alpha value is -3.29. The zero-order valence-corrected chi connectivity index (χ0v) is 14.0. The summed E-state index contributed by atoms with van der Waals surface area (Å²) in [5.74, 6) is 0.923. The summed E-state index contributed by atoms with van der Waals surface area (Å²) in [6.07, 6.45) is 5.16. The maximum absolute atomic E-state index is 13.3. The van der Waals surface area contributed by atoms with Crippen LogP contribution in [0, 0.1) is 5.82 Å². The number of carbonyl (C=O) groups is 1. The normalized spacial score (nSPS) is 14.5. The number of rotatable bonds is 3. The highest BCUT2D eigenvalue weighted by Gasteiger charge is 2.23. The molecule has 7 nitrogen and oxygen atoms in total. The average molecular weight is 352 g/mol. The van der Waals surface area contributed by atoms with Crippen LogP contribution in [0.3, 0.4) is 0 Å². The lowest BCUT2D eigenvalue weighted by Crippen LogP contribution is -2.49. The number of nitrogens with zero attached hydrogens (tertiary/aromatic N) is 6. The molecule has 1 aromatic carbocycles. The van der Waals surface area contributed by atoms with Gasteiger partial charge in [-0.25, -0.2) is 9.37 Å². The van der Waals surface area contributed by atoms with Crippen LogP contribution < -0.4 is 4.90 Å². The largest absolute Gasteiger partial charge is 0.352 e. The topological polar surface area (TPSA) is 67.2 Å². The molecule has 1 fully saturated rings. The molecule has 132 valence electrons. The summed E-state index contributed by atoms with van der Waals surface area (Å²) in [7, 11) is 0. The molecule has 3 heterocycles. The molecule has 0 bridgehead atoms. The zero-order valence-electron chi connectivity index (χ0n) is 14.0. The molecular formula is C18H17FN6O. The summed E-state index contributed by atoms with van der Waals surface area (Å²) in [5.41, 5.74) is 0.378. The Kier molecular flexibility index (Phi) is 4.30. The van der Waals surface area contributed by atoms with Gasteiger partial charge in [-0.15, -0.1) is 10.2 Å². The van der Waals surface area contributed by atoms with Crippen LogP contribution in [0.4, 0.5) is 10.2 Å². The fraction of sp³-hybridized carbons (Fsp3) is 0.222. The maximum Gasteiger partial charge on any atom is 0.254 e. The van der Waals surface area contributed by atoms with Crippen molar-refractivity contribution in [3.63, 3.8) is 0 Å². The highest BCUT2D eigenvalue weighted by atomic mass is 19.1. The summed E-state index contributed by atoms with van der Waals surface area (Å²) in [6.45, 7) is 2.42. The van der Waals surface area contributed by atoms with E-state index in [-0.39, 0.29) is 5.91 Å². The van der Waals surface area contributed by atoms with Gasteiger partial charge in [-0.3, -0.25) is 9.36 Å². The second-order valence-corrected chi connectivity index (χ2v) is 6.01. The van der Waals surface area contributed by atoms with E-state index in [4.69, 9.17) is 0 Å². The third-order valence-corrected chi connectivity index (χ3v) is 4.37. The van der Waals surface area contributed by atoms with Gasteiger partial charge >= 0.3 is 0 Å². The van der Waals surface area contributed by atoms with E-state index < -0.39 is 5.82 Å². The monoisotopic (exact) mass is 352 g/mol. The van der Waals surface area contributed by atoms with Gasteiger partial charge in [0.2, 0.25) is 0 Å². The smallest absolute Gasteiger partial charge is 0.254 e. The second kappa shape index (κ2) is 6.91. The minimum absolute atomic E-state index is 0.148. The van der Waals surface area contributed by atoms with E-state index in [1.54, 1.807) is 40.3 Å². The van der Waals surface area contributed by atoms with Crippen molar-refractivity contribution < 1.29 is 9.18 Å². The standard InChI is InChI=1S/C18H17FN6O/c19-15-3-1-2-14(12-15)18(26)24-10-8-23(9-11-24)16-4-5-17(22-21-16)25-7-6-20-13-25/h1-7,12-13H,8-11H2. The van der Waals surface area contributed by atoms with Gasteiger partial charge < -0.3 is 9.80 Å². The van der Waals surface area contributed by atoms with Crippen LogP contribution in [0.2, 0.25) is 0 Å². The molecule has 0 saturated carbocycles. The van der Waals surface area contributed by atoms with Crippen molar-refractivity contribution in [2.24, 2.45) is 0 Å². The van der Waals surface area contributed by atoms with Gasteiger partial charge in [0, 0.05) is 44.1 Å². The molecule has 3 aromatic rings. The molecule has 0 unspecified atom stereocenters. The van der Waals surface area contributed by atoms with E-state index in [9.17, 15) is 9.18 Å². The molecule has 0 atom stereocenters. The fourth-order valence-corrected chi connectivity index (χ4v) is 2.96. The van der Waals surface area contributed by atoms with Gasteiger partial charge in [-0.1, -0.05) is 6.07 Å². The van der Waals surface area contributed by atoms with Crippen molar-refractivity contribution in [2.75, 3.05) is 31.1 Å². The number of hydrogen-bond donors (Lipinski definition) is 0. The number of piperazine rings is 1. The predicted octanol–water partition coefficient (Wildman–Crippen LogP) is 1.76. The third-order valence-electron chi connectivity index (χ3n) is 4.37. The van der Waals surface area contributed by atoms with E-state index in [1.165, 1.54) is 12.1 Å². The van der Waals surface area contributed by atoms with Gasteiger partial charge in [-0.05, 0) is 30.3 Å². The Bertz CT molecular complexity index is 888. The van der Waals surface area contributed by atoms with Crippen molar-refractivity contribution in [2.45, 2.75) is 0 Å². The Morgan fingerprint density at radius 3 is 2.42 bits per heavy atom. The van der Waals surface area contributed by atoms with E-state index in [2.05, 4.69) is 20.1 Å². The number of benzene rings is 1. The Labute approximate surface area is 149 Å². The highest BCUT2D eigenvalue weighted by molar-refractivity contribution is 5.94. The molecule has 1 aliphatic rings. The van der Waals surface area contributed by atoms with E-state index in [1.807, 2.05) is 12.1 Å². The van der Waals surface area contributed by atoms with E-state index in [0.717, 1.165) is 5.82 Å². The van der Waals surface area contributed by atoms with E-state index in [0.29, 0.717) is 37.6 Å². The number of halogens is 1. The molecule has 1 amide bonds. The summed E-state index contributed by atoms with van der Waals surface area (Å²) >= 11 is 0. The quantitative estimate of drug-likeness (QED) is 0.719. The van der Waals surface area contributed by atoms with Gasteiger partial charge in [0.05, 0.1) is 0 Å². The summed E-state index contributed by atoms with van der Waals surface area (Å²) in [4.78, 5) is 20.3. The van der Waals surface area contributed by atoms with Crippen LogP contribution >= 0.6 is 0 Å². The molecule has 0 aliphatic carbocycles. The van der Waals surface area contributed by atoms with Crippen molar-refractivity contribution in [1.82, 2.24) is 24.6 Å². The number of anilines is 1. The van der Waals surface area contributed by atoms with Crippen molar-refractivity contribution >= 4 is 11.7 Å². The SMILES string of the molecule is O=C(c1cccc(F)c1)N1CCN(c2ccc(-n3ccnc3)nn2)CC1. The lowest BCUT2D eigenvalue weighted by molar-refractivity contribution is 0.0746. The lowest BCUT2D eigenvalue weighted by Gasteiger charge is -2.35. The minimum Gasteiger partial charge on any atom is -0.352 e. The Balaban J connectivity index is 1.39. The van der Waals surface area contributed by atoms with Crippen molar-refractivity contribution in [1.29, 1.82) is 0 Å². The number of hydrogen-bond acceptors (Lipinski definition) is 5. The molecule has 1 aliphatic heterocycles. The molecule has 8 heteroatoms. The van der Waals surface area contributed by atoms with Crippen molar-refractivity contribution in [3.8, 4) is 5.82 Å². The lowest BCUT2D eigenvalue weighted by atomic mass is 10.1. The number of carbonyl (C=O) groups excluding carboxylic acids is 1. The van der Waals surface area contributed by atoms with Gasteiger partial charge in [0.25, 0.3) is 5.91 Å². The second-order valence-electron chi connectivity index (χ2n) is 6.01. The average Bonchev–Trinajstić information content (AvgIpc) is 3.23. The van der Waals surface area contributed by atoms with Crippen LogP contribution in [0.1, 0.15) is 10.4 Å². The van der Waals surface area contributed by atoms with Crippen LogP contribution in [0.25, 0.3) is 5.82 Å². The molecular weight excluding hydrogens is 335 g/mol. The molecule has 2 aromatic heterocycles. The predicted molar refractivity (Wildman–Crippen MR) is 93.7 cm³/mol. The number of imidazole rings is 1. The van der Waals surface area contributed by atoms with Crippen LogP contribution in [0.5, 0.6) is 0 Å². The van der Waals surface area contributed by atoms with Crippen LogP contribution in [-0.4, -0.2) is 56.7 Å². The highest BCUT2D eigenvalue weighted by Crippen LogP contribution is 2.16. The zero-order chi connectivity index (χ0) is 17.9. The van der Waals surface area contributed by atoms with Gasteiger partial charge in [0.15, 0.2) is 11.6 Å². The van der Waals surface area contributed by atoms with Crippen LogP contribution in [0.15, 0.2) is 55.1 Å². The first-order valence-electron chi connectivity index (χ1n) is 8.32.